The van der Waals surface area contributed by atoms with Crippen LogP contribution in [0.5, 0.6) is 5.75 Å². The second-order valence-corrected chi connectivity index (χ2v) is 6.63. The molecule has 0 saturated heterocycles. The molecule has 1 amide bonds. The first-order chi connectivity index (χ1) is 13.0. The lowest BCUT2D eigenvalue weighted by atomic mass is 9.98. The number of amides is 1. The maximum absolute atomic E-state index is 12.9. The van der Waals surface area contributed by atoms with Crippen LogP contribution < -0.4 is 4.74 Å². The number of hydrogen-bond donors (Lipinski definition) is 0. The Morgan fingerprint density at radius 1 is 1.22 bits per heavy atom. The molecule has 140 valence electrons. The molecule has 2 aromatic carbocycles. The molecular formula is C22H25N3O2. The van der Waals surface area contributed by atoms with Crippen molar-refractivity contribution in [3.8, 4) is 16.9 Å². The number of hydrogen-bond acceptors (Lipinski definition) is 3. The molecule has 5 heteroatoms. The number of benzene rings is 2. The van der Waals surface area contributed by atoms with Crippen LogP contribution in [-0.4, -0.2) is 34.7 Å². The van der Waals surface area contributed by atoms with Crippen LogP contribution in [0.2, 0.25) is 0 Å². The van der Waals surface area contributed by atoms with E-state index in [2.05, 4.69) is 5.10 Å². The van der Waals surface area contributed by atoms with E-state index >= 15 is 0 Å². The molecule has 0 aliphatic carbocycles. The van der Waals surface area contributed by atoms with Crippen molar-refractivity contribution in [3.05, 3.63) is 71.5 Å². The molecule has 1 aromatic heterocycles. The zero-order valence-electron chi connectivity index (χ0n) is 16.3. The Labute approximate surface area is 160 Å². The Morgan fingerprint density at radius 3 is 2.70 bits per heavy atom. The molecule has 0 N–H and O–H groups in total. The Morgan fingerprint density at radius 2 is 2.04 bits per heavy atom. The molecule has 0 aliphatic rings. The Kier molecular flexibility index (Phi) is 5.60. The highest BCUT2D eigenvalue weighted by Crippen LogP contribution is 2.27. The van der Waals surface area contributed by atoms with Gasteiger partial charge in [0.2, 0.25) is 0 Å². The summed E-state index contributed by atoms with van der Waals surface area (Å²) in [6, 6.07) is 13.7. The highest BCUT2D eigenvalue weighted by Gasteiger charge is 2.14. The third-order valence-electron chi connectivity index (χ3n) is 4.63. The van der Waals surface area contributed by atoms with E-state index in [1.54, 1.807) is 12.0 Å². The highest BCUT2D eigenvalue weighted by atomic mass is 16.5. The van der Waals surface area contributed by atoms with Gasteiger partial charge in [-0.2, -0.15) is 5.10 Å². The van der Waals surface area contributed by atoms with Crippen molar-refractivity contribution in [1.82, 2.24) is 14.7 Å². The number of aryl methyl sites for hydroxylation is 2. The van der Waals surface area contributed by atoms with E-state index < -0.39 is 0 Å². The van der Waals surface area contributed by atoms with Gasteiger partial charge in [-0.05, 0) is 54.8 Å². The molecule has 0 radical (unpaired) electrons. The van der Waals surface area contributed by atoms with Gasteiger partial charge in [0, 0.05) is 37.5 Å². The smallest absolute Gasteiger partial charge is 0.253 e. The van der Waals surface area contributed by atoms with E-state index in [0.29, 0.717) is 12.1 Å². The van der Waals surface area contributed by atoms with Gasteiger partial charge in [-0.25, -0.2) is 0 Å². The van der Waals surface area contributed by atoms with Gasteiger partial charge in [0.05, 0.1) is 13.3 Å². The van der Waals surface area contributed by atoms with E-state index in [-0.39, 0.29) is 5.91 Å². The Hall–Kier alpha value is -3.08. The summed E-state index contributed by atoms with van der Waals surface area (Å²) in [7, 11) is 3.48. The zero-order valence-corrected chi connectivity index (χ0v) is 16.3. The summed E-state index contributed by atoms with van der Waals surface area (Å²) in [5, 5.41) is 4.27. The lowest BCUT2D eigenvalue weighted by Crippen LogP contribution is -2.26. The van der Waals surface area contributed by atoms with Gasteiger partial charge in [-0.3, -0.25) is 9.48 Å². The molecule has 0 bridgehead atoms. The summed E-state index contributed by atoms with van der Waals surface area (Å²) in [5.41, 5.74) is 4.92. The minimum Gasteiger partial charge on any atom is -0.497 e. The zero-order chi connectivity index (χ0) is 19.4. The van der Waals surface area contributed by atoms with Crippen molar-refractivity contribution < 1.29 is 9.53 Å². The van der Waals surface area contributed by atoms with Crippen LogP contribution in [0.15, 0.2) is 54.9 Å². The van der Waals surface area contributed by atoms with Crippen LogP contribution in [0.4, 0.5) is 0 Å². The minimum atomic E-state index is -0.00716. The Balaban J connectivity index is 1.80. The molecule has 3 aromatic rings. The van der Waals surface area contributed by atoms with Gasteiger partial charge >= 0.3 is 0 Å². The van der Waals surface area contributed by atoms with Crippen LogP contribution >= 0.6 is 0 Å². The number of ether oxygens (including phenoxy) is 1. The van der Waals surface area contributed by atoms with Crippen molar-refractivity contribution in [3.63, 3.8) is 0 Å². The topological polar surface area (TPSA) is 47.4 Å². The van der Waals surface area contributed by atoms with E-state index in [9.17, 15) is 4.79 Å². The molecule has 3 rings (SSSR count). The maximum Gasteiger partial charge on any atom is 0.253 e. The molecule has 0 spiro atoms. The summed E-state index contributed by atoms with van der Waals surface area (Å²) < 4.78 is 7.14. The lowest BCUT2D eigenvalue weighted by Gasteiger charge is -2.17. The summed E-state index contributed by atoms with van der Waals surface area (Å²) in [5.74, 6) is 0.822. The second kappa shape index (κ2) is 8.08. The summed E-state index contributed by atoms with van der Waals surface area (Å²) in [4.78, 5) is 14.6. The molecule has 1 heterocycles. The predicted molar refractivity (Wildman–Crippen MR) is 107 cm³/mol. The average Bonchev–Trinajstić information content (AvgIpc) is 3.14. The van der Waals surface area contributed by atoms with Gasteiger partial charge in [0.25, 0.3) is 5.91 Å². The fourth-order valence-electron chi connectivity index (χ4n) is 3.13. The maximum atomic E-state index is 12.9. The van der Waals surface area contributed by atoms with Gasteiger partial charge in [0.1, 0.15) is 5.75 Å². The number of carbonyl (C=O) groups is 1. The molecule has 0 aliphatic heterocycles. The standard InChI is InChI=1S/C22H25N3O2/c1-5-25-15-17(13-23-25)14-24(3)22(26)19-8-6-7-18(12-19)21-10-9-20(27-4)11-16(21)2/h6-13,15H,5,14H2,1-4H3. The first-order valence-electron chi connectivity index (χ1n) is 9.03. The molecule has 0 fully saturated rings. The van der Waals surface area contributed by atoms with Crippen molar-refractivity contribution in [2.45, 2.75) is 26.9 Å². The predicted octanol–water partition coefficient (Wildman–Crippen LogP) is 4.16. The van der Waals surface area contributed by atoms with Crippen LogP contribution in [0, 0.1) is 6.92 Å². The second-order valence-electron chi connectivity index (χ2n) is 6.63. The van der Waals surface area contributed by atoms with Crippen LogP contribution in [0.25, 0.3) is 11.1 Å². The summed E-state index contributed by atoms with van der Waals surface area (Å²) >= 11 is 0. The number of aromatic nitrogens is 2. The minimum absolute atomic E-state index is 0.00716. The summed E-state index contributed by atoms with van der Waals surface area (Å²) in [6.07, 6.45) is 3.78. The number of rotatable bonds is 6. The van der Waals surface area contributed by atoms with E-state index in [1.807, 2.05) is 80.4 Å². The largest absolute Gasteiger partial charge is 0.497 e. The monoisotopic (exact) mass is 363 g/mol. The third-order valence-corrected chi connectivity index (χ3v) is 4.63. The molecule has 5 nitrogen and oxygen atoms in total. The third kappa shape index (κ3) is 4.19. The fraction of sp³-hybridized carbons (Fsp3) is 0.273. The van der Waals surface area contributed by atoms with Gasteiger partial charge in [-0.15, -0.1) is 0 Å². The van der Waals surface area contributed by atoms with Crippen molar-refractivity contribution >= 4 is 5.91 Å². The van der Waals surface area contributed by atoms with Crippen molar-refractivity contribution in [2.24, 2.45) is 0 Å². The van der Waals surface area contributed by atoms with Crippen molar-refractivity contribution in [2.75, 3.05) is 14.2 Å². The first kappa shape index (κ1) is 18.7. The van der Waals surface area contributed by atoms with Crippen molar-refractivity contribution in [1.29, 1.82) is 0 Å². The van der Waals surface area contributed by atoms with E-state index in [0.717, 1.165) is 34.5 Å². The summed E-state index contributed by atoms with van der Waals surface area (Å²) in [6.45, 7) is 5.44. The van der Waals surface area contributed by atoms with Crippen LogP contribution in [0.1, 0.15) is 28.4 Å². The molecule has 0 atom stereocenters. The SMILES string of the molecule is CCn1cc(CN(C)C(=O)c2cccc(-c3ccc(OC)cc3C)c2)cn1. The Bertz CT molecular complexity index is 946. The number of methoxy groups -OCH3 is 1. The number of carbonyl (C=O) groups excluding carboxylic acids is 1. The van der Waals surface area contributed by atoms with Crippen LogP contribution in [0.3, 0.4) is 0 Å². The molecule has 27 heavy (non-hydrogen) atoms. The van der Waals surface area contributed by atoms with Gasteiger partial charge in [0.15, 0.2) is 0 Å². The quantitative estimate of drug-likeness (QED) is 0.661. The molecular weight excluding hydrogens is 338 g/mol. The lowest BCUT2D eigenvalue weighted by molar-refractivity contribution is 0.0785. The first-order valence-corrected chi connectivity index (χ1v) is 9.03. The van der Waals surface area contributed by atoms with E-state index in [1.165, 1.54) is 0 Å². The normalized spacial score (nSPS) is 10.7. The highest BCUT2D eigenvalue weighted by molar-refractivity contribution is 5.95. The number of nitrogens with zero attached hydrogens (tertiary/aromatic N) is 3. The average molecular weight is 363 g/mol. The molecule has 0 unspecified atom stereocenters. The van der Waals surface area contributed by atoms with Crippen LogP contribution in [-0.2, 0) is 13.1 Å². The van der Waals surface area contributed by atoms with Gasteiger partial charge in [-0.1, -0.05) is 18.2 Å². The molecule has 0 saturated carbocycles. The van der Waals surface area contributed by atoms with E-state index in [4.69, 9.17) is 4.74 Å². The fourth-order valence-corrected chi connectivity index (χ4v) is 3.13. The van der Waals surface area contributed by atoms with Gasteiger partial charge < -0.3 is 9.64 Å².